The number of nitrogens with one attached hydrogen (secondary N) is 1. The van der Waals surface area contributed by atoms with Gasteiger partial charge in [-0.25, -0.2) is 5.43 Å². The monoisotopic (exact) mass is 302 g/mol. The van der Waals surface area contributed by atoms with Gasteiger partial charge in [0.15, 0.2) is 0 Å². The van der Waals surface area contributed by atoms with Gasteiger partial charge >= 0.3 is 0 Å². The highest BCUT2D eigenvalue weighted by molar-refractivity contribution is 7.11. The predicted octanol–water partition coefficient (Wildman–Crippen LogP) is 3.61. The highest BCUT2D eigenvalue weighted by Crippen LogP contribution is 2.18. The number of benzene rings is 1. The van der Waals surface area contributed by atoms with E-state index in [1.165, 1.54) is 0 Å². The Hall–Kier alpha value is -2.14. The minimum Gasteiger partial charge on any atom is -0.493 e. The summed E-state index contributed by atoms with van der Waals surface area (Å²) in [6.45, 7) is 4.62. The first kappa shape index (κ1) is 15.3. The molecule has 0 fully saturated rings. The number of hydrogen-bond acceptors (Lipinski definition) is 4. The summed E-state index contributed by atoms with van der Waals surface area (Å²) in [6, 6.07) is 9.19. The molecule has 2 aromatic rings. The summed E-state index contributed by atoms with van der Waals surface area (Å²) in [5, 5.41) is 6.00. The van der Waals surface area contributed by atoms with E-state index in [2.05, 4.69) is 10.5 Å². The normalized spacial score (nSPS) is 10.8. The Morgan fingerprint density at radius 3 is 2.90 bits per heavy atom. The first-order valence-electron chi connectivity index (χ1n) is 6.81. The number of hydrazone groups is 1. The van der Waals surface area contributed by atoms with E-state index in [0.29, 0.717) is 17.9 Å². The molecule has 0 atom stereocenters. The molecule has 0 saturated heterocycles. The van der Waals surface area contributed by atoms with Crippen molar-refractivity contribution in [2.45, 2.75) is 20.3 Å². The van der Waals surface area contributed by atoms with Gasteiger partial charge in [-0.05, 0) is 42.5 Å². The number of hydrogen-bond donors (Lipinski definition) is 1. The quantitative estimate of drug-likeness (QED) is 0.654. The molecular formula is C16H18N2O2S. The molecule has 1 aromatic carbocycles. The average Bonchev–Trinajstić information content (AvgIpc) is 2.91. The fourth-order valence-corrected chi connectivity index (χ4v) is 2.50. The summed E-state index contributed by atoms with van der Waals surface area (Å²) in [5.41, 5.74) is 4.17. The number of nitrogens with zero attached hydrogens (tertiary/aromatic N) is 1. The van der Waals surface area contributed by atoms with Crippen LogP contribution in [-0.2, 0) is 0 Å². The van der Waals surface area contributed by atoms with Gasteiger partial charge in [-0.2, -0.15) is 5.10 Å². The largest absolute Gasteiger partial charge is 0.493 e. The molecule has 0 bridgehead atoms. The number of ether oxygens (including phenoxy) is 1. The van der Waals surface area contributed by atoms with Gasteiger partial charge < -0.3 is 4.74 Å². The van der Waals surface area contributed by atoms with Crippen molar-refractivity contribution in [1.29, 1.82) is 0 Å². The van der Waals surface area contributed by atoms with Crippen molar-refractivity contribution < 1.29 is 9.53 Å². The minimum atomic E-state index is -0.271. The van der Waals surface area contributed by atoms with Gasteiger partial charge in [0.05, 0.1) is 18.4 Å². The number of carbonyl (C=O) groups is 1. The van der Waals surface area contributed by atoms with Crippen molar-refractivity contribution in [3.8, 4) is 5.75 Å². The van der Waals surface area contributed by atoms with Crippen molar-refractivity contribution in [2.75, 3.05) is 6.61 Å². The van der Waals surface area contributed by atoms with Crippen LogP contribution < -0.4 is 10.2 Å². The van der Waals surface area contributed by atoms with E-state index < -0.39 is 0 Å². The molecule has 1 N–H and O–H groups in total. The molecule has 0 saturated carbocycles. The number of aryl methyl sites for hydroxylation is 1. The van der Waals surface area contributed by atoms with Crippen LogP contribution in [0.15, 0.2) is 40.8 Å². The number of amides is 1. The van der Waals surface area contributed by atoms with Crippen LogP contribution in [0.5, 0.6) is 5.75 Å². The SMILES string of the molecule is CCCOc1ccccc1C(=O)N/N=C/c1sccc1C. The number of carbonyl (C=O) groups excluding carboxylic acids is 1. The Labute approximate surface area is 128 Å². The molecule has 110 valence electrons. The van der Waals surface area contributed by atoms with Gasteiger partial charge in [-0.15, -0.1) is 11.3 Å². The zero-order chi connectivity index (χ0) is 15.1. The summed E-state index contributed by atoms with van der Waals surface area (Å²) in [5.74, 6) is 0.312. The summed E-state index contributed by atoms with van der Waals surface area (Å²) in [7, 11) is 0. The first-order chi connectivity index (χ1) is 10.2. The van der Waals surface area contributed by atoms with Crippen molar-refractivity contribution in [2.24, 2.45) is 5.10 Å². The Balaban J connectivity index is 2.03. The van der Waals surface area contributed by atoms with E-state index in [4.69, 9.17) is 4.74 Å². The molecule has 21 heavy (non-hydrogen) atoms. The molecule has 1 heterocycles. The third kappa shape index (κ3) is 4.16. The average molecular weight is 302 g/mol. The van der Waals surface area contributed by atoms with Crippen molar-refractivity contribution in [1.82, 2.24) is 5.43 Å². The second-order valence-corrected chi connectivity index (χ2v) is 5.46. The molecule has 0 spiro atoms. The second kappa shape index (κ2) is 7.59. The van der Waals surface area contributed by atoms with Crippen LogP contribution in [0.4, 0.5) is 0 Å². The number of thiophene rings is 1. The zero-order valence-electron chi connectivity index (χ0n) is 12.1. The van der Waals surface area contributed by atoms with Crippen LogP contribution in [0.2, 0.25) is 0 Å². The van der Waals surface area contributed by atoms with E-state index in [1.54, 1.807) is 35.8 Å². The number of para-hydroxylation sites is 1. The molecule has 4 nitrogen and oxygen atoms in total. The van der Waals surface area contributed by atoms with Crippen molar-refractivity contribution in [3.63, 3.8) is 0 Å². The van der Waals surface area contributed by atoms with E-state index >= 15 is 0 Å². The number of rotatable bonds is 6. The topological polar surface area (TPSA) is 50.7 Å². The second-order valence-electron chi connectivity index (χ2n) is 4.51. The summed E-state index contributed by atoms with van der Waals surface area (Å²) in [4.78, 5) is 13.2. The molecule has 2 rings (SSSR count). The fraction of sp³-hybridized carbons (Fsp3) is 0.250. The third-order valence-corrected chi connectivity index (χ3v) is 3.80. The lowest BCUT2D eigenvalue weighted by atomic mass is 10.2. The Bertz CT molecular complexity index is 635. The Morgan fingerprint density at radius 1 is 1.38 bits per heavy atom. The standard InChI is InChI=1S/C16H18N2O2S/c1-3-9-20-14-7-5-4-6-13(14)16(19)18-17-11-15-12(2)8-10-21-15/h4-8,10-11H,3,9H2,1-2H3,(H,18,19)/b17-11+. The van der Waals surface area contributed by atoms with Crippen LogP contribution in [0, 0.1) is 6.92 Å². The molecule has 0 unspecified atom stereocenters. The first-order valence-corrected chi connectivity index (χ1v) is 7.69. The molecular weight excluding hydrogens is 284 g/mol. The maximum absolute atomic E-state index is 12.1. The van der Waals surface area contributed by atoms with Gasteiger partial charge in [-0.1, -0.05) is 19.1 Å². The molecule has 5 heteroatoms. The van der Waals surface area contributed by atoms with E-state index in [1.807, 2.05) is 31.4 Å². The summed E-state index contributed by atoms with van der Waals surface area (Å²) < 4.78 is 5.57. The minimum absolute atomic E-state index is 0.271. The molecule has 1 amide bonds. The van der Waals surface area contributed by atoms with E-state index in [-0.39, 0.29) is 5.91 Å². The zero-order valence-corrected chi connectivity index (χ0v) is 12.9. The molecule has 0 aliphatic heterocycles. The van der Waals surface area contributed by atoms with Crippen LogP contribution in [0.1, 0.15) is 34.1 Å². The Kier molecular flexibility index (Phi) is 5.51. The van der Waals surface area contributed by atoms with Gasteiger partial charge in [0.2, 0.25) is 0 Å². The fourth-order valence-electron chi connectivity index (χ4n) is 1.72. The Morgan fingerprint density at radius 2 is 2.19 bits per heavy atom. The van der Waals surface area contributed by atoms with E-state index in [0.717, 1.165) is 16.9 Å². The lowest BCUT2D eigenvalue weighted by molar-refractivity contribution is 0.0951. The van der Waals surface area contributed by atoms with Gasteiger partial charge in [0.25, 0.3) is 5.91 Å². The van der Waals surface area contributed by atoms with Crippen LogP contribution in [0.3, 0.4) is 0 Å². The molecule has 0 aliphatic rings. The summed E-state index contributed by atoms with van der Waals surface area (Å²) >= 11 is 1.59. The van der Waals surface area contributed by atoms with Gasteiger partial charge in [-0.3, -0.25) is 4.79 Å². The molecule has 0 radical (unpaired) electrons. The summed E-state index contributed by atoms with van der Waals surface area (Å²) in [6.07, 6.45) is 2.55. The van der Waals surface area contributed by atoms with Gasteiger partial charge in [0, 0.05) is 4.88 Å². The van der Waals surface area contributed by atoms with E-state index in [9.17, 15) is 4.79 Å². The van der Waals surface area contributed by atoms with Crippen molar-refractivity contribution >= 4 is 23.5 Å². The van der Waals surface area contributed by atoms with Gasteiger partial charge in [0.1, 0.15) is 5.75 Å². The highest BCUT2D eigenvalue weighted by Gasteiger charge is 2.10. The lowest BCUT2D eigenvalue weighted by Crippen LogP contribution is -2.18. The van der Waals surface area contributed by atoms with Crippen LogP contribution in [0.25, 0.3) is 0 Å². The maximum Gasteiger partial charge on any atom is 0.275 e. The highest BCUT2D eigenvalue weighted by atomic mass is 32.1. The predicted molar refractivity (Wildman–Crippen MR) is 86.3 cm³/mol. The third-order valence-electron chi connectivity index (χ3n) is 2.84. The lowest BCUT2D eigenvalue weighted by Gasteiger charge is -2.09. The maximum atomic E-state index is 12.1. The molecule has 1 aromatic heterocycles. The smallest absolute Gasteiger partial charge is 0.275 e. The molecule has 0 aliphatic carbocycles. The van der Waals surface area contributed by atoms with Crippen LogP contribution in [-0.4, -0.2) is 18.7 Å². The van der Waals surface area contributed by atoms with Crippen molar-refractivity contribution in [3.05, 3.63) is 51.7 Å². The van der Waals surface area contributed by atoms with Crippen LogP contribution >= 0.6 is 11.3 Å².